The molecule has 0 saturated carbocycles. The third-order valence-electron chi connectivity index (χ3n) is 4.57. The first kappa shape index (κ1) is 24.4. The number of benzene rings is 2. The lowest BCUT2D eigenvalue weighted by atomic mass is 10.0. The van der Waals surface area contributed by atoms with E-state index in [1.165, 1.54) is 12.1 Å². The smallest absolute Gasteiger partial charge is 0.241 e. The molecule has 0 aliphatic carbocycles. The Balaban J connectivity index is 2.21. The van der Waals surface area contributed by atoms with Crippen molar-refractivity contribution in [1.29, 1.82) is 0 Å². The summed E-state index contributed by atoms with van der Waals surface area (Å²) >= 11 is 3.38. The second-order valence-electron chi connectivity index (χ2n) is 7.07. The first-order valence-corrected chi connectivity index (χ1v) is 13.7. The molecule has 0 fully saturated rings. The molecule has 0 aromatic heterocycles. The van der Waals surface area contributed by atoms with Crippen molar-refractivity contribution in [3.05, 3.63) is 58.1 Å². The van der Waals surface area contributed by atoms with Gasteiger partial charge in [-0.15, -0.1) is 0 Å². The highest BCUT2D eigenvalue weighted by Crippen LogP contribution is 2.25. The number of nitrogens with one attached hydrogen (secondary N) is 1. The van der Waals surface area contributed by atoms with Gasteiger partial charge in [0, 0.05) is 10.7 Å². The summed E-state index contributed by atoms with van der Waals surface area (Å²) in [5.41, 5.74) is 1.99. The number of hydrogen-bond acceptors (Lipinski definition) is 5. The van der Waals surface area contributed by atoms with Crippen molar-refractivity contribution < 1.29 is 21.6 Å². The molecule has 30 heavy (non-hydrogen) atoms. The van der Waals surface area contributed by atoms with Crippen molar-refractivity contribution in [3.8, 4) is 0 Å². The highest BCUT2D eigenvalue weighted by molar-refractivity contribution is 9.10. The van der Waals surface area contributed by atoms with E-state index in [0.717, 1.165) is 32.4 Å². The molecule has 0 aliphatic rings. The van der Waals surface area contributed by atoms with E-state index in [4.69, 9.17) is 0 Å². The minimum atomic E-state index is -3.68. The van der Waals surface area contributed by atoms with Crippen LogP contribution in [0.1, 0.15) is 30.5 Å². The molecular formula is C20H25BrN2O5S2. The van der Waals surface area contributed by atoms with Gasteiger partial charge in [-0.05, 0) is 54.8 Å². The van der Waals surface area contributed by atoms with Crippen molar-refractivity contribution in [2.24, 2.45) is 0 Å². The maximum Gasteiger partial charge on any atom is 0.241 e. The molecule has 0 bridgehead atoms. The summed E-state index contributed by atoms with van der Waals surface area (Å²) in [6, 6.07) is 11.0. The molecule has 7 nitrogen and oxygen atoms in total. The molecule has 1 atom stereocenters. The van der Waals surface area contributed by atoms with Gasteiger partial charge in [-0.2, -0.15) is 0 Å². The summed E-state index contributed by atoms with van der Waals surface area (Å²) in [6.45, 7) is 3.35. The van der Waals surface area contributed by atoms with Crippen LogP contribution in [-0.2, 0) is 24.7 Å². The minimum absolute atomic E-state index is 0.196. The predicted octanol–water partition coefficient (Wildman–Crippen LogP) is 3.19. The normalized spacial score (nSPS) is 13.0. The standard InChI is InChI=1S/C20H25BrN2O5S2/c1-5-19(15-6-9-17(10-7-15)29(3,25)26)22-20(24)13-23(30(4,27)28)16-8-11-18(21)14(2)12-16/h6-12,19H,5,13H2,1-4H3,(H,22,24). The van der Waals surface area contributed by atoms with Gasteiger partial charge in [-0.1, -0.05) is 35.0 Å². The fourth-order valence-electron chi connectivity index (χ4n) is 2.92. The first-order valence-electron chi connectivity index (χ1n) is 9.16. The molecule has 0 spiro atoms. The average molecular weight is 517 g/mol. The Kier molecular flexibility index (Phi) is 7.70. The maximum atomic E-state index is 12.7. The summed E-state index contributed by atoms with van der Waals surface area (Å²) in [5.74, 6) is -0.458. The van der Waals surface area contributed by atoms with Crippen LogP contribution in [0.4, 0.5) is 5.69 Å². The molecule has 0 radical (unpaired) electrons. The first-order chi connectivity index (χ1) is 13.8. The van der Waals surface area contributed by atoms with Gasteiger partial charge < -0.3 is 5.32 Å². The molecule has 2 aromatic rings. The number of anilines is 1. The Bertz CT molecular complexity index is 1130. The number of aryl methyl sites for hydroxylation is 1. The molecule has 10 heteroatoms. The molecule has 0 heterocycles. The fraction of sp³-hybridized carbons (Fsp3) is 0.350. The predicted molar refractivity (Wildman–Crippen MR) is 122 cm³/mol. The van der Waals surface area contributed by atoms with E-state index in [2.05, 4.69) is 21.2 Å². The average Bonchev–Trinajstić information content (AvgIpc) is 2.65. The van der Waals surface area contributed by atoms with Crippen LogP contribution in [0.3, 0.4) is 0 Å². The van der Waals surface area contributed by atoms with Crippen LogP contribution >= 0.6 is 15.9 Å². The molecular weight excluding hydrogens is 492 g/mol. The van der Waals surface area contributed by atoms with Crippen LogP contribution in [0.5, 0.6) is 0 Å². The SMILES string of the molecule is CCC(NC(=O)CN(c1ccc(Br)c(C)c1)S(C)(=O)=O)c1ccc(S(C)(=O)=O)cc1. The highest BCUT2D eigenvalue weighted by atomic mass is 79.9. The van der Waals surface area contributed by atoms with E-state index in [-0.39, 0.29) is 17.5 Å². The minimum Gasteiger partial charge on any atom is -0.348 e. The lowest BCUT2D eigenvalue weighted by Gasteiger charge is -2.24. The van der Waals surface area contributed by atoms with Crippen molar-refractivity contribution in [3.63, 3.8) is 0 Å². The quantitative estimate of drug-likeness (QED) is 0.580. The van der Waals surface area contributed by atoms with Gasteiger partial charge in [0.15, 0.2) is 9.84 Å². The summed E-state index contributed by atoms with van der Waals surface area (Å²) in [4.78, 5) is 12.9. The Morgan fingerprint density at radius 1 is 1.07 bits per heavy atom. The lowest BCUT2D eigenvalue weighted by Crippen LogP contribution is -2.41. The van der Waals surface area contributed by atoms with E-state index in [0.29, 0.717) is 12.1 Å². The lowest BCUT2D eigenvalue weighted by molar-refractivity contribution is -0.120. The van der Waals surface area contributed by atoms with Crippen LogP contribution in [0.2, 0.25) is 0 Å². The molecule has 1 amide bonds. The molecule has 164 valence electrons. The highest BCUT2D eigenvalue weighted by Gasteiger charge is 2.23. The van der Waals surface area contributed by atoms with Gasteiger partial charge >= 0.3 is 0 Å². The molecule has 2 rings (SSSR count). The number of rotatable bonds is 8. The molecule has 0 saturated heterocycles. The number of hydrogen-bond donors (Lipinski definition) is 1. The van der Waals surface area contributed by atoms with E-state index < -0.39 is 25.8 Å². The van der Waals surface area contributed by atoms with Gasteiger partial charge in [-0.25, -0.2) is 16.8 Å². The fourth-order valence-corrected chi connectivity index (χ4v) is 4.65. The Morgan fingerprint density at radius 3 is 2.13 bits per heavy atom. The van der Waals surface area contributed by atoms with Gasteiger partial charge in [0.25, 0.3) is 0 Å². The number of halogens is 1. The van der Waals surface area contributed by atoms with E-state index in [1.807, 2.05) is 13.8 Å². The van der Waals surface area contributed by atoms with Crippen LogP contribution < -0.4 is 9.62 Å². The van der Waals surface area contributed by atoms with Crippen molar-refractivity contribution in [2.75, 3.05) is 23.4 Å². The molecule has 1 N–H and O–H groups in total. The largest absolute Gasteiger partial charge is 0.348 e. The Morgan fingerprint density at radius 2 is 1.67 bits per heavy atom. The van der Waals surface area contributed by atoms with Crippen molar-refractivity contribution >= 4 is 47.4 Å². The van der Waals surface area contributed by atoms with Crippen molar-refractivity contribution in [2.45, 2.75) is 31.2 Å². The number of sulfone groups is 1. The van der Waals surface area contributed by atoms with E-state index in [1.54, 1.807) is 30.3 Å². The monoisotopic (exact) mass is 516 g/mol. The topological polar surface area (TPSA) is 101 Å². The Hall–Kier alpha value is -1.91. The van der Waals surface area contributed by atoms with E-state index >= 15 is 0 Å². The molecule has 2 aromatic carbocycles. The van der Waals surface area contributed by atoms with Gasteiger partial charge in [0.1, 0.15) is 6.54 Å². The zero-order valence-corrected chi connectivity index (χ0v) is 20.4. The number of sulfonamides is 1. The van der Waals surface area contributed by atoms with Gasteiger partial charge in [0.05, 0.1) is 22.9 Å². The summed E-state index contributed by atoms with van der Waals surface area (Å²) in [6.07, 6.45) is 2.74. The number of nitrogens with zero attached hydrogens (tertiary/aromatic N) is 1. The van der Waals surface area contributed by atoms with Crippen LogP contribution in [0, 0.1) is 6.92 Å². The maximum absolute atomic E-state index is 12.7. The van der Waals surface area contributed by atoms with E-state index in [9.17, 15) is 21.6 Å². The van der Waals surface area contributed by atoms with Crippen LogP contribution in [0.25, 0.3) is 0 Å². The summed E-state index contributed by atoms with van der Waals surface area (Å²) in [5, 5.41) is 2.84. The van der Waals surface area contributed by atoms with Crippen LogP contribution in [-0.4, -0.2) is 41.8 Å². The second-order valence-corrected chi connectivity index (χ2v) is 11.8. The van der Waals surface area contributed by atoms with Gasteiger partial charge in [-0.3, -0.25) is 9.10 Å². The zero-order valence-electron chi connectivity index (χ0n) is 17.2. The third-order valence-corrected chi connectivity index (χ3v) is 7.73. The summed E-state index contributed by atoms with van der Waals surface area (Å²) < 4.78 is 49.7. The van der Waals surface area contributed by atoms with Crippen LogP contribution in [0.15, 0.2) is 51.8 Å². The number of amides is 1. The van der Waals surface area contributed by atoms with Gasteiger partial charge in [0.2, 0.25) is 15.9 Å². The second kappa shape index (κ2) is 9.49. The molecule has 1 unspecified atom stereocenters. The van der Waals surface area contributed by atoms with Crippen molar-refractivity contribution in [1.82, 2.24) is 5.32 Å². The number of carbonyl (C=O) groups excluding carboxylic acids is 1. The molecule has 0 aliphatic heterocycles. The zero-order chi connectivity index (χ0) is 22.7. The third kappa shape index (κ3) is 6.29. The number of carbonyl (C=O) groups is 1. The summed E-state index contributed by atoms with van der Waals surface area (Å²) in [7, 11) is -6.99. The Labute approximate surface area is 186 Å².